The van der Waals surface area contributed by atoms with Crippen molar-refractivity contribution in [2.45, 2.75) is 25.4 Å². The number of nitrogens with zero attached hydrogens (tertiary/aromatic N) is 1. The summed E-state index contributed by atoms with van der Waals surface area (Å²) in [5, 5.41) is 2.87. The van der Waals surface area contributed by atoms with E-state index in [0.29, 0.717) is 28.3 Å². The minimum absolute atomic E-state index is 0.170. The van der Waals surface area contributed by atoms with Crippen LogP contribution >= 0.6 is 0 Å². The Morgan fingerprint density at radius 2 is 2.03 bits per heavy atom. The molecular weight excluding hydrogens is 412 g/mol. The number of amides is 2. The minimum atomic E-state index is -1.47. The van der Waals surface area contributed by atoms with E-state index in [2.05, 4.69) is 5.32 Å². The van der Waals surface area contributed by atoms with Crippen molar-refractivity contribution in [3.05, 3.63) is 53.6 Å². The molecule has 2 aromatic rings. The van der Waals surface area contributed by atoms with Gasteiger partial charge in [0.15, 0.2) is 0 Å². The van der Waals surface area contributed by atoms with Crippen molar-refractivity contribution in [2.24, 2.45) is 11.8 Å². The van der Waals surface area contributed by atoms with Gasteiger partial charge < -0.3 is 24.4 Å². The van der Waals surface area contributed by atoms with E-state index in [1.54, 1.807) is 62.3 Å². The third-order valence-electron chi connectivity index (χ3n) is 6.81. The summed E-state index contributed by atoms with van der Waals surface area (Å²) in [5.74, 6) is -1.42. The normalized spacial score (nSPS) is 27.7. The fourth-order valence-corrected chi connectivity index (χ4v) is 5.37. The van der Waals surface area contributed by atoms with E-state index in [-0.39, 0.29) is 19.1 Å². The third kappa shape index (κ3) is 2.65. The Kier molecular flexibility index (Phi) is 4.62. The van der Waals surface area contributed by atoms with Crippen molar-refractivity contribution >= 4 is 23.5 Å². The summed E-state index contributed by atoms with van der Waals surface area (Å²) in [5.41, 5.74) is 0.0456. The molecule has 0 saturated carbocycles. The van der Waals surface area contributed by atoms with E-state index >= 15 is 0 Å². The molecule has 8 nitrogen and oxygen atoms in total. The number of fused-ring (bicyclic) bond motifs is 6. The van der Waals surface area contributed by atoms with Crippen molar-refractivity contribution in [3.63, 3.8) is 0 Å². The van der Waals surface area contributed by atoms with Crippen molar-refractivity contribution in [1.82, 2.24) is 4.90 Å². The smallest absolute Gasteiger partial charge is 0.312 e. The van der Waals surface area contributed by atoms with Crippen LogP contribution in [0.15, 0.2) is 42.5 Å². The van der Waals surface area contributed by atoms with Crippen LogP contribution in [0.1, 0.15) is 35.8 Å². The molecular formula is C24H24N2O6. The predicted octanol–water partition coefficient (Wildman–Crippen LogP) is 2.79. The molecule has 0 aromatic heterocycles. The van der Waals surface area contributed by atoms with Crippen LogP contribution in [0.5, 0.6) is 11.5 Å². The largest absolute Gasteiger partial charge is 0.497 e. The first-order valence-electron chi connectivity index (χ1n) is 10.6. The summed E-state index contributed by atoms with van der Waals surface area (Å²) in [7, 11) is 1.56. The van der Waals surface area contributed by atoms with Crippen LogP contribution < -0.4 is 14.8 Å². The van der Waals surface area contributed by atoms with Gasteiger partial charge in [-0.15, -0.1) is 0 Å². The molecule has 2 aromatic carbocycles. The van der Waals surface area contributed by atoms with Crippen LogP contribution in [-0.2, 0) is 14.3 Å². The molecule has 0 radical (unpaired) electrons. The third-order valence-corrected chi connectivity index (χ3v) is 6.81. The maximum absolute atomic E-state index is 13.9. The summed E-state index contributed by atoms with van der Waals surface area (Å²) in [4.78, 5) is 42.3. The molecule has 1 N–H and O–H groups in total. The first-order chi connectivity index (χ1) is 15.4. The average Bonchev–Trinajstić information content (AvgIpc) is 3.04. The van der Waals surface area contributed by atoms with Crippen molar-refractivity contribution in [1.29, 1.82) is 0 Å². The minimum Gasteiger partial charge on any atom is -0.497 e. The topological polar surface area (TPSA) is 94.2 Å². The fourth-order valence-electron chi connectivity index (χ4n) is 5.37. The van der Waals surface area contributed by atoms with Gasteiger partial charge in [-0.2, -0.15) is 0 Å². The molecule has 3 aliphatic rings. The lowest BCUT2D eigenvalue weighted by atomic mass is 9.77. The first-order valence-corrected chi connectivity index (χ1v) is 10.6. The van der Waals surface area contributed by atoms with Gasteiger partial charge in [-0.05, 0) is 44.2 Å². The summed E-state index contributed by atoms with van der Waals surface area (Å²) < 4.78 is 16.8. The highest BCUT2D eigenvalue weighted by molar-refractivity contribution is 6.13. The van der Waals surface area contributed by atoms with Crippen LogP contribution in [0, 0.1) is 11.8 Å². The summed E-state index contributed by atoms with van der Waals surface area (Å²) in [6, 6.07) is 11.7. The van der Waals surface area contributed by atoms with E-state index in [9.17, 15) is 14.4 Å². The van der Waals surface area contributed by atoms with E-state index in [0.717, 1.165) is 0 Å². The highest BCUT2D eigenvalue weighted by Crippen LogP contribution is 2.57. The zero-order valence-electron chi connectivity index (χ0n) is 18.1. The molecule has 1 fully saturated rings. The molecule has 8 heteroatoms. The van der Waals surface area contributed by atoms with Crippen LogP contribution in [0.2, 0.25) is 0 Å². The maximum Gasteiger partial charge on any atom is 0.312 e. The molecule has 1 saturated heterocycles. The van der Waals surface area contributed by atoms with Crippen LogP contribution in [-0.4, -0.2) is 48.5 Å². The molecule has 4 atom stereocenters. The lowest BCUT2D eigenvalue weighted by molar-refractivity contribution is -0.155. The molecule has 0 aliphatic carbocycles. The van der Waals surface area contributed by atoms with Gasteiger partial charge in [-0.3, -0.25) is 14.4 Å². The van der Waals surface area contributed by atoms with E-state index in [1.807, 2.05) is 6.07 Å². The number of benzene rings is 2. The zero-order valence-corrected chi connectivity index (χ0v) is 18.1. The lowest BCUT2D eigenvalue weighted by Crippen LogP contribution is -2.57. The van der Waals surface area contributed by atoms with E-state index in [4.69, 9.17) is 14.2 Å². The Morgan fingerprint density at radius 3 is 2.78 bits per heavy atom. The maximum atomic E-state index is 13.9. The average molecular weight is 436 g/mol. The van der Waals surface area contributed by atoms with Gasteiger partial charge in [0.05, 0.1) is 43.5 Å². The SMILES string of the molecule is CCOC(=O)C1C2COc3ccc(OC)cc3C2N2C(=O)c3ccccc3NC(=O)[C@@]12C. The fraction of sp³-hybridized carbons (Fsp3) is 0.375. The number of rotatable bonds is 3. The molecule has 32 heavy (non-hydrogen) atoms. The molecule has 3 heterocycles. The monoisotopic (exact) mass is 436 g/mol. The molecule has 5 rings (SSSR count). The molecule has 3 aliphatic heterocycles. The molecule has 0 bridgehead atoms. The Hall–Kier alpha value is -3.55. The second kappa shape index (κ2) is 7.25. The number of anilines is 1. The van der Waals surface area contributed by atoms with E-state index < -0.39 is 35.3 Å². The molecule has 3 unspecified atom stereocenters. The van der Waals surface area contributed by atoms with Gasteiger partial charge in [0.25, 0.3) is 11.8 Å². The molecule has 2 amide bonds. The Morgan fingerprint density at radius 1 is 1.25 bits per heavy atom. The van der Waals surface area contributed by atoms with Gasteiger partial charge in [0.2, 0.25) is 0 Å². The zero-order chi connectivity index (χ0) is 22.6. The number of carbonyl (C=O) groups excluding carboxylic acids is 3. The van der Waals surface area contributed by atoms with Crippen molar-refractivity contribution in [3.8, 4) is 11.5 Å². The van der Waals surface area contributed by atoms with Gasteiger partial charge in [0.1, 0.15) is 17.0 Å². The van der Waals surface area contributed by atoms with Crippen LogP contribution in [0.3, 0.4) is 0 Å². The first kappa shape index (κ1) is 20.4. The standard InChI is InChI=1S/C24H24N2O6/c1-4-31-22(28)19-16-12-32-18-10-9-13(30-3)11-15(18)20(16)26-21(27)14-7-5-6-8-17(14)25-23(29)24(19,26)2/h5-11,16,19-20H,4,12H2,1-3H3,(H,25,29)/t16?,19?,20?,24-/m1/s1. The number of carbonyl (C=O) groups is 3. The predicted molar refractivity (Wildman–Crippen MR) is 114 cm³/mol. The van der Waals surface area contributed by atoms with Gasteiger partial charge in [-0.25, -0.2) is 0 Å². The number of hydrogen-bond donors (Lipinski definition) is 1. The number of nitrogens with one attached hydrogen (secondary N) is 1. The quantitative estimate of drug-likeness (QED) is 0.744. The van der Waals surface area contributed by atoms with Crippen LogP contribution in [0.25, 0.3) is 0 Å². The van der Waals surface area contributed by atoms with Crippen molar-refractivity contribution in [2.75, 3.05) is 25.6 Å². The summed E-state index contributed by atoms with van der Waals surface area (Å²) >= 11 is 0. The van der Waals surface area contributed by atoms with Gasteiger partial charge in [0, 0.05) is 11.5 Å². The Labute approximate surface area is 185 Å². The second-order valence-corrected chi connectivity index (χ2v) is 8.38. The van der Waals surface area contributed by atoms with Crippen molar-refractivity contribution < 1.29 is 28.6 Å². The Balaban J connectivity index is 1.76. The number of methoxy groups -OCH3 is 1. The Bertz CT molecular complexity index is 1130. The second-order valence-electron chi connectivity index (χ2n) is 8.38. The lowest BCUT2D eigenvalue weighted by Gasteiger charge is -2.38. The molecule has 166 valence electrons. The highest BCUT2D eigenvalue weighted by Gasteiger charge is 2.67. The number of esters is 1. The number of ether oxygens (including phenoxy) is 3. The highest BCUT2D eigenvalue weighted by atomic mass is 16.5. The summed E-state index contributed by atoms with van der Waals surface area (Å²) in [6.45, 7) is 3.72. The van der Waals surface area contributed by atoms with Gasteiger partial charge >= 0.3 is 5.97 Å². The van der Waals surface area contributed by atoms with Crippen LogP contribution in [0.4, 0.5) is 5.69 Å². The number of hydrogen-bond acceptors (Lipinski definition) is 6. The summed E-state index contributed by atoms with van der Waals surface area (Å²) in [6.07, 6.45) is 0. The number of para-hydroxylation sites is 1. The van der Waals surface area contributed by atoms with Gasteiger partial charge in [-0.1, -0.05) is 12.1 Å². The van der Waals surface area contributed by atoms with E-state index in [1.165, 1.54) is 0 Å². The molecule has 0 spiro atoms.